The Morgan fingerprint density at radius 2 is 1.63 bits per heavy atom. The van der Waals surface area contributed by atoms with Crippen molar-refractivity contribution in [3.8, 4) is 0 Å². The van der Waals surface area contributed by atoms with E-state index in [0.29, 0.717) is 0 Å². The number of fused-ring (bicyclic) bond motifs is 1. The van der Waals surface area contributed by atoms with Gasteiger partial charge in [0.15, 0.2) is 5.78 Å². The molecule has 0 amide bonds. The molecule has 0 heterocycles. The summed E-state index contributed by atoms with van der Waals surface area (Å²) in [5.41, 5.74) is 0.436. The molecule has 5 heteroatoms. The molecule has 1 aliphatic rings. The van der Waals surface area contributed by atoms with Crippen LogP contribution in [0, 0.1) is 5.41 Å². The average molecular weight is 367 g/mol. The van der Waals surface area contributed by atoms with Gasteiger partial charge in [-0.25, -0.2) is 0 Å². The van der Waals surface area contributed by atoms with Crippen LogP contribution < -0.4 is 0 Å². The molecule has 0 saturated heterocycles. The second kappa shape index (κ2) is 6.34. The molecular weight excluding hydrogens is 351 g/mol. The van der Waals surface area contributed by atoms with Gasteiger partial charge < -0.3 is 5.41 Å². The number of nitrogens with one attached hydrogen (secondary N) is 1. The number of alkyl halides is 3. The third-order valence-electron chi connectivity index (χ3n) is 5.15. The molecule has 2 nitrogen and oxygen atoms in total. The average Bonchev–Trinajstić information content (AvgIpc) is 2.95. The topological polar surface area (TPSA) is 40.9 Å². The summed E-state index contributed by atoms with van der Waals surface area (Å²) in [6.07, 6.45) is -4.25. The van der Waals surface area contributed by atoms with Gasteiger partial charge in [-0.2, -0.15) is 13.2 Å². The SMILES string of the molecule is N=C1CC(c2cccc3ccccc23)C(=O)C1c1cccc(C(F)(F)F)c1. The minimum absolute atomic E-state index is 0.164. The third kappa shape index (κ3) is 3.03. The summed E-state index contributed by atoms with van der Waals surface area (Å²) in [5, 5.41) is 10.2. The Labute approximate surface area is 154 Å². The highest BCUT2D eigenvalue weighted by Gasteiger charge is 2.41. The van der Waals surface area contributed by atoms with E-state index in [0.717, 1.165) is 28.5 Å². The number of ketones is 1. The minimum Gasteiger partial charge on any atom is -0.309 e. The van der Waals surface area contributed by atoms with E-state index in [9.17, 15) is 18.0 Å². The van der Waals surface area contributed by atoms with Crippen molar-refractivity contribution in [1.29, 1.82) is 5.41 Å². The van der Waals surface area contributed by atoms with E-state index < -0.39 is 23.6 Å². The highest BCUT2D eigenvalue weighted by atomic mass is 19.4. The monoisotopic (exact) mass is 367 g/mol. The van der Waals surface area contributed by atoms with Gasteiger partial charge in [0, 0.05) is 11.6 Å². The van der Waals surface area contributed by atoms with E-state index in [4.69, 9.17) is 5.41 Å². The Hall–Kier alpha value is -2.95. The fraction of sp³-hybridized carbons (Fsp3) is 0.182. The molecule has 3 aromatic carbocycles. The van der Waals surface area contributed by atoms with Crippen molar-refractivity contribution >= 4 is 22.3 Å². The fourth-order valence-electron chi connectivity index (χ4n) is 3.89. The Morgan fingerprint density at radius 3 is 2.41 bits per heavy atom. The summed E-state index contributed by atoms with van der Waals surface area (Å²) < 4.78 is 39.1. The summed E-state index contributed by atoms with van der Waals surface area (Å²) >= 11 is 0. The van der Waals surface area contributed by atoms with E-state index in [-0.39, 0.29) is 23.5 Å². The largest absolute Gasteiger partial charge is 0.416 e. The zero-order valence-corrected chi connectivity index (χ0v) is 14.3. The summed E-state index contributed by atoms with van der Waals surface area (Å²) in [7, 11) is 0. The van der Waals surface area contributed by atoms with Crippen LogP contribution in [0.4, 0.5) is 13.2 Å². The van der Waals surface area contributed by atoms with E-state index in [1.54, 1.807) is 0 Å². The molecule has 0 aromatic heterocycles. The number of hydrogen-bond donors (Lipinski definition) is 1. The quantitative estimate of drug-likeness (QED) is 0.618. The van der Waals surface area contributed by atoms with E-state index >= 15 is 0 Å². The van der Waals surface area contributed by atoms with Crippen molar-refractivity contribution < 1.29 is 18.0 Å². The molecular formula is C22H16F3NO. The summed E-state index contributed by atoms with van der Waals surface area (Å²) in [4.78, 5) is 13.1. The first-order valence-corrected chi connectivity index (χ1v) is 8.62. The van der Waals surface area contributed by atoms with Crippen LogP contribution in [0.5, 0.6) is 0 Å². The van der Waals surface area contributed by atoms with Crippen LogP contribution in [-0.2, 0) is 11.0 Å². The molecule has 136 valence electrons. The lowest BCUT2D eigenvalue weighted by Crippen LogP contribution is -2.15. The highest BCUT2D eigenvalue weighted by molar-refractivity contribution is 6.18. The van der Waals surface area contributed by atoms with E-state index in [1.807, 2.05) is 42.5 Å². The van der Waals surface area contributed by atoms with Gasteiger partial charge in [-0.3, -0.25) is 4.79 Å². The predicted molar refractivity (Wildman–Crippen MR) is 98.2 cm³/mol. The van der Waals surface area contributed by atoms with Crippen molar-refractivity contribution in [1.82, 2.24) is 0 Å². The van der Waals surface area contributed by atoms with Gasteiger partial charge in [-0.1, -0.05) is 60.7 Å². The van der Waals surface area contributed by atoms with Gasteiger partial charge in [-0.15, -0.1) is 0 Å². The molecule has 0 radical (unpaired) electrons. The Bertz CT molecular complexity index is 1050. The second-order valence-corrected chi connectivity index (χ2v) is 6.81. The molecule has 3 aromatic rings. The fourth-order valence-corrected chi connectivity index (χ4v) is 3.89. The maximum Gasteiger partial charge on any atom is 0.416 e. The second-order valence-electron chi connectivity index (χ2n) is 6.81. The lowest BCUT2D eigenvalue weighted by atomic mass is 9.88. The van der Waals surface area contributed by atoms with Crippen molar-refractivity contribution in [3.63, 3.8) is 0 Å². The number of carbonyl (C=O) groups is 1. The van der Waals surface area contributed by atoms with Gasteiger partial charge in [0.2, 0.25) is 0 Å². The zero-order valence-electron chi connectivity index (χ0n) is 14.3. The summed E-state index contributed by atoms with van der Waals surface area (Å²) in [5.74, 6) is -1.64. The van der Waals surface area contributed by atoms with Crippen molar-refractivity contribution in [2.45, 2.75) is 24.4 Å². The van der Waals surface area contributed by atoms with Gasteiger partial charge >= 0.3 is 6.18 Å². The Morgan fingerprint density at radius 1 is 0.926 bits per heavy atom. The van der Waals surface area contributed by atoms with Crippen LogP contribution in [0.25, 0.3) is 10.8 Å². The maximum absolute atomic E-state index is 13.1. The zero-order chi connectivity index (χ0) is 19.2. The van der Waals surface area contributed by atoms with Crippen LogP contribution >= 0.6 is 0 Å². The summed E-state index contributed by atoms with van der Waals surface area (Å²) in [6, 6.07) is 18.1. The van der Waals surface area contributed by atoms with Crippen molar-refractivity contribution in [2.75, 3.05) is 0 Å². The molecule has 2 unspecified atom stereocenters. The molecule has 4 rings (SSSR count). The van der Waals surface area contributed by atoms with Gasteiger partial charge in [0.1, 0.15) is 0 Å². The molecule has 27 heavy (non-hydrogen) atoms. The molecule has 0 spiro atoms. The van der Waals surface area contributed by atoms with Crippen LogP contribution in [0.15, 0.2) is 66.7 Å². The lowest BCUT2D eigenvalue weighted by Gasteiger charge is -2.15. The van der Waals surface area contributed by atoms with E-state index in [2.05, 4.69) is 0 Å². The van der Waals surface area contributed by atoms with Gasteiger partial charge in [-0.05, 0) is 34.4 Å². The number of carbonyl (C=O) groups excluding carboxylic acids is 1. The number of Topliss-reactive ketones (excluding diaryl/α,β-unsaturated/α-hetero) is 1. The molecule has 1 saturated carbocycles. The Balaban J connectivity index is 1.75. The molecule has 0 bridgehead atoms. The molecule has 1 fully saturated rings. The minimum atomic E-state index is -4.48. The normalized spacial score (nSPS) is 20.4. The molecule has 1 N–H and O–H groups in total. The number of benzene rings is 3. The Kier molecular flexibility index (Phi) is 4.10. The molecule has 1 aliphatic carbocycles. The first-order chi connectivity index (χ1) is 12.9. The van der Waals surface area contributed by atoms with Crippen LogP contribution in [-0.4, -0.2) is 11.5 Å². The van der Waals surface area contributed by atoms with Crippen LogP contribution in [0.1, 0.15) is 34.9 Å². The number of rotatable bonds is 2. The third-order valence-corrected chi connectivity index (χ3v) is 5.15. The van der Waals surface area contributed by atoms with Gasteiger partial charge in [0.05, 0.1) is 11.5 Å². The van der Waals surface area contributed by atoms with E-state index in [1.165, 1.54) is 12.1 Å². The summed E-state index contributed by atoms with van der Waals surface area (Å²) in [6.45, 7) is 0. The molecule has 0 aliphatic heterocycles. The predicted octanol–water partition coefficient (Wildman–Crippen LogP) is 5.72. The number of hydrogen-bond acceptors (Lipinski definition) is 2. The standard InChI is InChI=1S/C22H16F3NO/c23-22(24,25)15-8-3-7-14(11-15)20-19(26)12-18(21(20)27)17-10-4-6-13-5-1-2-9-16(13)17/h1-11,18,20,26H,12H2. The smallest absolute Gasteiger partial charge is 0.309 e. The van der Waals surface area contributed by atoms with Crippen molar-refractivity contribution in [3.05, 3.63) is 83.4 Å². The highest BCUT2D eigenvalue weighted by Crippen LogP contribution is 2.41. The van der Waals surface area contributed by atoms with Crippen LogP contribution in [0.3, 0.4) is 0 Å². The van der Waals surface area contributed by atoms with Crippen LogP contribution in [0.2, 0.25) is 0 Å². The van der Waals surface area contributed by atoms with Gasteiger partial charge in [0.25, 0.3) is 0 Å². The maximum atomic E-state index is 13.1. The first-order valence-electron chi connectivity index (χ1n) is 8.62. The lowest BCUT2D eigenvalue weighted by molar-refractivity contribution is -0.137. The van der Waals surface area contributed by atoms with Crippen molar-refractivity contribution in [2.24, 2.45) is 0 Å². The number of halogens is 3. The molecule has 2 atom stereocenters. The first kappa shape index (κ1) is 17.5.